The number of carbonyl (C=O) groups is 2. The third-order valence-electron chi connectivity index (χ3n) is 6.87. The van der Waals surface area contributed by atoms with Crippen LogP contribution in [-0.4, -0.2) is 69.9 Å². The fraction of sp³-hybridized carbons (Fsp3) is 0.440. The molecule has 33 heavy (non-hydrogen) atoms. The molecule has 3 aromatic rings. The normalized spacial score (nSPS) is 19.6. The Morgan fingerprint density at radius 1 is 1.09 bits per heavy atom. The molecule has 5 rings (SSSR count). The van der Waals surface area contributed by atoms with Crippen LogP contribution in [0, 0.1) is 5.92 Å². The number of ether oxygens (including phenoxy) is 1. The smallest absolute Gasteiger partial charge is 0.254 e. The Balaban J connectivity index is 1.19. The first-order valence-corrected chi connectivity index (χ1v) is 11.6. The lowest BCUT2D eigenvalue weighted by atomic mass is 9.92. The molecule has 0 spiro atoms. The molecule has 8 nitrogen and oxygen atoms in total. The van der Waals surface area contributed by atoms with Gasteiger partial charge in [-0.2, -0.15) is 0 Å². The monoisotopic (exact) mass is 447 g/mol. The number of hydrogen-bond donors (Lipinski definition) is 1. The van der Waals surface area contributed by atoms with E-state index < -0.39 is 0 Å². The maximum atomic E-state index is 13.3. The SMILES string of the molecule is COc1cccc(C(=O)N2CCCC(C(=O)N3CCC(c4nc5ccncc5[nH]4)CC3)C2)c1. The van der Waals surface area contributed by atoms with E-state index >= 15 is 0 Å². The van der Waals surface area contributed by atoms with Gasteiger partial charge in [-0.25, -0.2) is 4.98 Å². The minimum absolute atomic E-state index is 0.0375. The van der Waals surface area contributed by atoms with Crippen LogP contribution in [0.1, 0.15) is 47.8 Å². The van der Waals surface area contributed by atoms with E-state index in [2.05, 4.69) is 9.97 Å². The number of imidazole rings is 1. The van der Waals surface area contributed by atoms with Gasteiger partial charge in [0.2, 0.25) is 5.91 Å². The number of fused-ring (bicyclic) bond motifs is 1. The second-order valence-electron chi connectivity index (χ2n) is 8.94. The zero-order valence-electron chi connectivity index (χ0n) is 18.9. The van der Waals surface area contributed by atoms with Crippen molar-refractivity contribution in [1.29, 1.82) is 0 Å². The Morgan fingerprint density at radius 3 is 2.73 bits per heavy atom. The molecular weight excluding hydrogens is 418 g/mol. The molecule has 2 aliphatic rings. The highest BCUT2D eigenvalue weighted by atomic mass is 16.5. The van der Waals surface area contributed by atoms with Crippen LogP contribution in [0.15, 0.2) is 42.7 Å². The number of hydrogen-bond acceptors (Lipinski definition) is 5. The zero-order valence-corrected chi connectivity index (χ0v) is 18.9. The molecule has 1 N–H and O–H groups in total. The zero-order chi connectivity index (χ0) is 22.8. The van der Waals surface area contributed by atoms with Crippen LogP contribution < -0.4 is 4.74 Å². The highest BCUT2D eigenvalue weighted by Crippen LogP contribution is 2.29. The van der Waals surface area contributed by atoms with Crippen LogP contribution in [-0.2, 0) is 4.79 Å². The van der Waals surface area contributed by atoms with Crippen LogP contribution in [0.25, 0.3) is 11.0 Å². The van der Waals surface area contributed by atoms with Crippen LogP contribution in [0.4, 0.5) is 0 Å². The van der Waals surface area contributed by atoms with Crippen molar-refractivity contribution < 1.29 is 14.3 Å². The van der Waals surface area contributed by atoms with Crippen molar-refractivity contribution in [2.75, 3.05) is 33.3 Å². The first kappa shape index (κ1) is 21.4. The molecule has 4 heterocycles. The van der Waals surface area contributed by atoms with E-state index in [1.807, 2.05) is 28.0 Å². The Bertz CT molecular complexity index is 1120. The highest BCUT2D eigenvalue weighted by molar-refractivity contribution is 5.95. The molecule has 8 heteroatoms. The summed E-state index contributed by atoms with van der Waals surface area (Å²) in [5.41, 5.74) is 2.49. The van der Waals surface area contributed by atoms with E-state index in [9.17, 15) is 9.59 Å². The van der Waals surface area contributed by atoms with Crippen molar-refractivity contribution in [1.82, 2.24) is 24.8 Å². The van der Waals surface area contributed by atoms with Crippen molar-refractivity contribution in [2.24, 2.45) is 5.92 Å². The summed E-state index contributed by atoms with van der Waals surface area (Å²) in [4.78, 5) is 42.3. The number of pyridine rings is 1. The van der Waals surface area contributed by atoms with Gasteiger partial charge in [-0.15, -0.1) is 0 Å². The molecular formula is C25H29N5O3. The van der Waals surface area contributed by atoms with E-state index in [1.54, 1.807) is 31.6 Å². The van der Waals surface area contributed by atoms with Crippen LogP contribution in [0.3, 0.4) is 0 Å². The second kappa shape index (κ2) is 9.21. The molecule has 1 atom stereocenters. The largest absolute Gasteiger partial charge is 0.497 e. The third kappa shape index (κ3) is 4.42. The summed E-state index contributed by atoms with van der Waals surface area (Å²) in [6.07, 6.45) is 7.00. The summed E-state index contributed by atoms with van der Waals surface area (Å²) < 4.78 is 5.25. The Kier molecular flexibility index (Phi) is 5.98. The number of aromatic amines is 1. The van der Waals surface area contributed by atoms with E-state index in [1.165, 1.54) is 0 Å². The number of benzene rings is 1. The summed E-state index contributed by atoms with van der Waals surface area (Å²) >= 11 is 0. The fourth-order valence-corrected chi connectivity index (χ4v) is 5.00. The van der Waals surface area contributed by atoms with Crippen LogP contribution in [0.5, 0.6) is 5.75 Å². The first-order valence-electron chi connectivity index (χ1n) is 11.6. The first-order chi connectivity index (χ1) is 16.1. The topological polar surface area (TPSA) is 91.4 Å². The molecule has 0 radical (unpaired) electrons. The van der Waals surface area contributed by atoms with Gasteiger partial charge in [-0.05, 0) is 49.9 Å². The number of piperidine rings is 2. The molecule has 1 aromatic carbocycles. The van der Waals surface area contributed by atoms with Gasteiger partial charge < -0.3 is 19.5 Å². The molecule has 2 aliphatic heterocycles. The number of nitrogens with one attached hydrogen (secondary N) is 1. The molecule has 1 unspecified atom stereocenters. The second-order valence-corrected chi connectivity index (χ2v) is 8.94. The summed E-state index contributed by atoms with van der Waals surface area (Å²) in [5.74, 6) is 1.96. The van der Waals surface area contributed by atoms with Crippen LogP contribution in [0.2, 0.25) is 0 Å². The summed E-state index contributed by atoms with van der Waals surface area (Å²) in [6, 6.07) is 9.12. The quantitative estimate of drug-likeness (QED) is 0.663. The van der Waals surface area contributed by atoms with Gasteiger partial charge in [-0.3, -0.25) is 14.6 Å². The van der Waals surface area contributed by atoms with E-state index in [0.717, 1.165) is 55.6 Å². The number of likely N-dealkylation sites (tertiary alicyclic amines) is 2. The predicted octanol–water partition coefficient (Wildman–Crippen LogP) is 3.22. The average molecular weight is 448 g/mol. The molecule has 172 valence electrons. The molecule has 0 saturated carbocycles. The Morgan fingerprint density at radius 2 is 1.94 bits per heavy atom. The van der Waals surface area contributed by atoms with Crippen molar-refractivity contribution >= 4 is 22.8 Å². The molecule has 2 amide bonds. The lowest BCUT2D eigenvalue weighted by molar-refractivity contribution is -0.138. The van der Waals surface area contributed by atoms with Crippen molar-refractivity contribution in [2.45, 2.75) is 31.6 Å². The van der Waals surface area contributed by atoms with Gasteiger partial charge in [-0.1, -0.05) is 6.07 Å². The minimum Gasteiger partial charge on any atom is -0.497 e. The number of methoxy groups -OCH3 is 1. The predicted molar refractivity (Wildman–Crippen MR) is 124 cm³/mol. The molecule has 0 bridgehead atoms. The molecule has 2 saturated heterocycles. The van der Waals surface area contributed by atoms with Gasteiger partial charge in [0, 0.05) is 43.9 Å². The van der Waals surface area contributed by atoms with Gasteiger partial charge >= 0.3 is 0 Å². The lowest BCUT2D eigenvalue weighted by Gasteiger charge is -2.37. The fourth-order valence-electron chi connectivity index (χ4n) is 5.00. The number of carbonyl (C=O) groups excluding carboxylic acids is 2. The van der Waals surface area contributed by atoms with E-state index in [4.69, 9.17) is 9.72 Å². The standard InChI is InChI=1S/C25H29N5O3/c1-33-20-6-2-4-18(14-20)24(31)30-11-3-5-19(16-30)25(32)29-12-8-17(9-13-29)23-27-21-7-10-26-15-22(21)28-23/h2,4,6-7,10,14-15,17,19H,3,5,8-9,11-13,16H2,1H3,(H,27,28). The summed E-state index contributed by atoms with van der Waals surface area (Å²) in [6.45, 7) is 2.60. The number of H-pyrrole nitrogens is 1. The Labute approximate surface area is 193 Å². The van der Waals surface area contributed by atoms with Gasteiger partial charge in [0.25, 0.3) is 5.91 Å². The maximum Gasteiger partial charge on any atom is 0.254 e. The van der Waals surface area contributed by atoms with E-state index in [-0.39, 0.29) is 17.7 Å². The molecule has 2 fully saturated rings. The number of amides is 2. The van der Waals surface area contributed by atoms with Gasteiger partial charge in [0.05, 0.1) is 30.3 Å². The lowest BCUT2D eigenvalue weighted by Crippen LogP contribution is -2.48. The minimum atomic E-state index is -0.137. The van der Waals surface area contributed by atoms with Gasteiger partial charge in [0.1, 0.15) is 11.6 Å². The molecule has 2 aromatic heterocycles. The van der Waals surface area contributed by atoms with Crippen molar-refractivity contribution in [3.05, 3.63) is 54.1 Å². The average Bonchev–Trinajstić information content (AvgIpc) is 3.32. The number of rotatable bonds is 4. The third-order valence-corrected chi connectivity index (χ3v) is 6.87. The summed E-state index contributed by atoms with van der Waals surface area (Å²) in [7, 11) is 1.59. The summed E-state index contributed by atoms with van der Waals surface area (Å²) in [5, 5.41) is 0. The molecule has 0 aliphatic carbocycles. The Hall–Kier alpha value is -3.42. The van der Waals surface area contributed by atoms with Crippen LogP contribution >= 0.6 is 0 Å². The van der Waals surface area contributed by atoms with Crippen molar-refractivity contribution in [3.8, 4) is 5.75 Å². The van der Waals surface area contributed by atoms with E-state index in [0.29, 0.717) is 30.3 Å². The number of nitrogens with zero attached hydrogens (tertiary/aromatic N) is 4. The van der Waals surface area contributed by atoms with Gasteiger partial charge in [0.15, 0.2) is 0 Å². The maximum absolute atomic E-state index is 13.3. The highest BCUT2D eigenvalue weighted by Gasteiger charge is 2.34. The number of aromatic nitrogens is 3. The van der Waals surface area contributed by atoms with Crippen molar-refractivity contribution in [3.63, 3.8) is 0 Å².